The monoisotopic (exact) mass is 112 g/mol. The molecule has 1 amide bonds. The van der Waals surface area contributed by atoms with Crippen molar-refractivity contribution in [2.24, 2.45) is 0 Å². The molecule has 3 nitrogen and oxygen atoms in total. The first-order chi connectivity index (χ1) is 3.88. The van der Waals surface area contributed by atoms with Crippen LogP contribution in [0.4, 0.5) is 0 Å². The van der Waals surface area contributed by atoms with E-state index >= 15 is 0 Å². The second-order valence-corrected chi connectivity index (χ2v) is 2.34. The maximum Gasteiger partial charge on any atom is 0.239 e. The Morgan fingerprint density at radius 1 is 1.62 bits per heavy atom. The summed E-state index contributed by atoms with van der Waals surface area (Å²) < 4.78 is 0. The molecule has 2 N–H and O–H groups in total. The minimum atomic E-state index is 0.162. The van der Waals surface area contributed by atoms with Gasteiger partial charge in [0.25, 0.3) is 0 Å². The molecule has 2 fully saturated rings. The molecule has 2 saturated heterocycles. The molecule has 0 spiro atoms. The number of carbonyl (C=O) groups is 1. The lowest BCUT2D eigenvalue weighted by Crippen LogP contribution is -2.63. The van der Waals surface area contributed by atoms with Gasteiger partial charge in [0.05, 0.1) is 6.04 Å². The van der Waals surface area contributed by atoms with Crippen LogP contribution in [0.5, 0.6) is 0 Å². The Bertz CT molecular complexity index is 134. The quantitative estimate of drug-likeness (QED) is 0.388. The summed E-state index contributed by atoms with van der Waals surface area (Å²) in [4.78, 5) is 10.5. The van der Waals surface area contributed by atoms with E-state index in [2.05, 4.69) is 10.6 Å². The zero-order chi connectivity index (χ0) is 5.56. The fraction of sp³-hybridized carbons (Fsp3) is 0.800. The maximum absolute atomic E-state index is 10.5. The zero-order valence-electron chi connectivity index (χ0n) is 4.48. The molecule has 0 bridgehead atoms. The lowest BCUT2D eigenvalue weighted by atomic mass is 10.0. The van der Waals surface area contributed by atoms with Crippen LogP contribution in [0, 0.1) is 0 Å². The van der Waals surface area contributed by atoms with E-state index in [4.69, 9.17) is 0 Å². The van der Waals surface area contributed by atoms with Crippen LogP contribution in [-0.4, -0.2) is 24.5 Å². The van der Waals surface area contributed by atoms with E-state index in [1.165, 1.54) is 0 Å². The molecule has 2 heterocycles. The third-order valence-electron chi connectivity index (χ3n) is 1.83. The third kappa shape index (κ3) is 0.351. The van der Waals surface area contributed by atoms with Gasteiger partial charge in [0.1, 0.15) is 6.04 Å². The summed E-state index contributed by atoms with van der Waals surface area (Å²) in [5.74, 6) is 0.174. The molecule has 44 valence electrons. The van der Waals surface area contributed by atoms with Gasteiger partial charge in [-0.05, 0) is 13.0 Å². The second-order valence-electron chi connectivity index (χ2n) is 2.34. The van der Waals surface area contributed by atoms with Crippen molar-refractivity contribution in [2.75, 3.05) is 6.54 Å². The van der Waals surface area contributed by atoms with Crippen LogP contribution >= 0.6 is 0 Å². The lowest BCUT2D eigenvalue weighted by Gasteiger charge is -2.29. The van der Waals surface area contributed by atoms with E-state index in [0.29, 0.717) is 6.04 Å². The summed E-state index contributed by atoms with van der Waals surface area (Å²) in [6.07, 6.45) is 1.11. The molecule has 8 heavy (non-hydrogen) atoms. The number of carbonyl (C=O) groups excluding carboxylic acids is 1. The summed E-state index contributed by atoms with van der Waals surface area (Å²) in [6, 6.07) is 0.623. The number of amides is 1. The van der Waals surface area contributed by atoms with E-state index in [-0.39, 0.29) is 11.9 Å². The predicted octanol–water partition coefficient (Wildman–Crippen LogP) is -1.15. The number of hydrogen-bond donors (Lipinski definition) is 2. The minimum absolute atomic E-state index is 0.162. The van der Waals surface area contributed by atoms with Crippen molar-refractivity contribution in [3.8, 4) is 0 Å². The van der Waals surface area contributed by atoms with Crippen molar-refractivity contribution in [3.63, 3.8) is 0 Å². The van der Waals surface area contributed by atoms with Crippen LogP contribution in [0.25, 0.3) is 0 Å². The molecule has 2 aliphatic rings. The van der Waals surface area contributed by atoms with Gasteiger partial charge in [-0.3, -0.25) is 4.79 Å². The normalized spacial score (nSPS) is 42.8. The van der Waals surface area contributed by atoms with Crippen LogP contribution in [-0.2, 0) is 4.79 Å². The van der Waals surface area contributed by atoms with Gasteiger partial charge in [0.2, 0.25) is 5.91 Å². The van der Waals surface area contributed by atoms with Gasteiger partial charge in [-0.15, -0.1) is 0 Å². The molecular formula is C5H8N2O. The standard InChI is InChI=1S/C5H8N2O/c8-5-4-3(7-5)1-2-6-4/h3-4,6H,1-2H2,(H,7,8)/t3?,4-/m1/s1. The van der Waals surface area contributed by atoms with Gasteiger partial charge in [-0.25, -0.2) is 0 Å². The number of nitrogens with one attached hydrogen (secondary N) is 2. The van der Waals surface area contributed by atoms with Crippen LogP contribution in [0.15, 0.2) is 0 Å². The Balaban J connectivity index is 2.11. The van der Waals surface area contributed by atoms with Gasteiger partial charge >= 0.3 is 0 Å². The minimum Gasteiger partial charge on any atom is -0.350 e. The molecule has 0 radical (unpaired) electrons. The van der Waals surface area contributed by atoms with E-state index < -0.39 is 0 Å². The highest BCUT2D eigenvalue weighted by Gasteiger charge is 2.42. The average molecular weight is 112 g/mol. The Morgan fingerprint density at radius 2 is 2.50 bits per heavy atom. The lowest BCUT2D eigenvalue weighted by molar-refractivity contribution is -0.130. The van der Waals surface area contributed by atoms with Gasteiger partial charge in [0.15, 0.2) is 0 Å². The summed E-state index contributed by atoms with van der Waals surface area (Å²) in [5.41, 5.74) is 0. The van der Waals surface area contributed by atoms with E-state index in [0.717, 1.165) is 13.0 Å². The molecule has 0 aromatic rings. The molecular weight excluding hydrogens is 104 g/mol. The van der Waals surface area contributed by atoms with Crippen LogP contribution < -0.4 is 10.6 Å². The summed E-state index contributed by atoms with van der Waals surface area (Å²) in [6.45, 7) is 0.994. The molecule has 2 atom stereocenters. The highest BCUT2D eigenvalue weighted by Crippen LogP contribution is 2.14. The molecule has 0 aromatic heterocycles. The number of rotatable bonds is 0. The van der Waals surface area contributed by atoms with Gasteiger partial charge in [-0.1, -0.05) is 0 Å². The molecule has 2 aliphatic heterocycles. The smallest absolute Gasteiger partial charge is 0.239 e. The van der Waals surface area contributed by atoms with Gasteiger partial charge in [0, 0.05) is 0 Å². The first-order valence-corrected chi connectivity index (χ1v) is 2.92. The topological polar surface area (TPSA) is 41.1 Å². The van der Waals surface area contributed by atoms with Gasteiger partial charge in [-0.2, -0.15) is 0 Å². The zero-order valence-corrected chi connectivity index (χ0v) is 4.48. The Morgan fingerprint density at radius 3 is 3.00 bits per heavy atom. The van der Waals surface area contributed by atoms with Crippen LogP contribution in [0.3, 0.4) is 0 Å². The third-order valence-corrected chi connectivity index (χ3v) is 1.83. The number of fused-ring (bicyclic) bond motifs is 1. The fourth-order valence-electron chi connectivity index (χ4n) is 1.31. The molecule has 2 rings (SSSR count). The van der Waals surface area contributed by atoms with Crippen LogP contribution in [0.1, 0.15) is 6.42 Å². The fourth-order valence-corrected chi connectivity index (χ4v) is 1.31. The van der Waals surface area contributed by atoms with E-state index in [1.54, 1.807) is 0 Å². The number of β-lactam (4-membered cyclic amide) rings is 1. The number of hydrogen-bond acceptors (Lipinski definition) is 2. The van der Waals surface area contributed by atoms with Crippen molar-refractivity contribution >= 4 is 5.91 Å². The van der Waals surface area contributed by atoms with Crippen LogP contribution in [0.2, 0.25) is 0 Å². The van der Waals surface area contributed by atoms with Crippen molar-refractivity contribution in [1.82, 2.24) is 10.6 Å². The summed E-state index contributed by atoms with van der Waals surface area (Å²) >= 11 is 0. The van der Waals surface area contributed by atoms with Crippen molar-refractivity contribution < 1.29 is 4.79 Å². The average Bonchev–Trinajstić information content (AvgIpc) is 2.09. The summed E-state index contributed by atoms with van der Waals surface area (Å²) in [7, 11) is 0. The Labute approximate surface area is 47.4 Å². The Kier molecular flexibility index (Phi) is 0.663. The van der Waals surface area contributed by atoms with Crippen molar-refractivity contribution in [2.45, 2.75) is 18.5 Å². The Hall–Kier alpha value is -0.570. The first-order valence-electron chi connectivity index (χ1n) is 2.92. The SMILES string of the molecule is O=C1NC2CCN[C@@H]12. The highest BCUT2D eigenvalue weighted by atomic mass is 16.2. The molecule has 0 aromatic carbocycles. The summed E-state index contributed by atoms with van der Waals surface area (Å²) in [5, 5.41) is 5.90. The van der Waals surface area contributed by atoms with E-state index in [9.17, 15) is 4.79 Å². The molecule has 0 aliphatic carbocycles. The second kappa shape index (κ2) is 1.23. The van der Waals surface area contributed by atoms with Gasteiger partial charge < -0.3 is 10.6 Å². The molecule has 1 unspecified atom stereocenters. The van der Waals surface area contributed by atoms with E-state index in [1.807, 2.05) is 0 Å². The van der Waals surface area contributed by atoms with Crippen molar-refractivity contribution in [1.29, 1.82) is 0 Å². The highest BCUT2D eigenvalue weighted by molar-refractivity contribution is 5.89. The maximum atomic E-state index is 10.5. The molecule has 0 saturated carbocycles. The predicted molar refractivity (Wildman–Crippen MR) is 28.3 cm³/mol. The van der Waals surface area contributed by atoms with Crippen molar-refractivity contribution in [3.05, 3.63) is 0 Å². The first kappa shape index (κ1) is 4.32. The largest absolute Gasteiger partial charge is 0.350 e. The molecule has 3 heteroatoms.